The van der Waals surface area contributed by atoms with Crippen molar-refractivity contribution in [2.24, 2.45) is 5.92 Å². The van der Waals surface area contributed by atoms with E-state index in [-0.39, 0.29) is 24.5 Å². The molecule has 0 saturated carbocycles. The second-order valence-electron chi connectivity index (χ2n) is 7.92. The number of anilines is 1. The lowest BCUT2D eigenvalue weighted by Gasteiger charge is -2.35. The third-order valence-corrected chi connectivity index (χ3v) is 6.75. The van der Waals surface area contributed by atoms with Crippen molar-refractivity contribution in [1.29, 1.82) is 0 Å². The van der Waals surface area contributed by atoms with Gasteiger partial charge in [0.1, 0.15) is 5.01 Å². The Bertz CT molecular complexity index is 999. The Kier molecular flexibility index (Phi) is 5.94. The predicted octanol–water partition coefficient (Wildman–Crippen LogP) is 4.30. The Morgan fingerprint density at radius 2 is 2.10 bits per heavy atom. The number of aromatic nitrogens is 1. The molecular formula is C23H27N3O2S. The van der Waals surface area contributed by atoms with Crippen molar-refractivity contribution in [2.75, 3.05) is 25.0 Å². The zero-order valence-electron chi connectivity index (χ0n) is 16.9. The maximum atomic E-state index is 12.7. The quantitative estimate of drug-likeness (QED) is 0.659. The van der Waals surface area contributed by atoms with E-state index in [9.17, 15) is 9.90 Å². The molecule has 0 radical (unpaired) electrons. The fraction of sp³-hybridized carbons (Fsp3) is 0.391. The van der Waals surface area contributed by atoms with Crippen LogP contribution in [0.5, 0.6) is 0 Å². The summed E-state index contributed by atoms with van der Waals surface area (Å²) in [5.41, 5.74) is 4.10. The number of amides is 1. The summed E-state index contributed by atoms with van der Waals surface area (Å²) in [5, 5.41) is 13.4. The molecule has 2 aromatic carbocycles. The van der Waals surface area contributed by atoms with E-state index >= 15 is 0 Å². The van der Waals surface area contributed by atoms with E-state index in [2.05, 4.69) is 35.3 Å². The average molecular weight is 410 g/mol. The maximum absolute atomic E-state index is 12.7. The first kappa shape index (κ1) is 20.0. The summed E-state index contributed by atoms with van der Waals surface area (Å²) < 4.78 is 1.19. The second kappa shape index (κ2) is 8.61. The first-order valence-electron chi connectivity index (χ1n) is 10.2. The molecule has 1 aromatic heterocycles. The molecule has 4 rings (SSSR count). The van der Waals surface area contributed by atoms with Crippen LogP contribution in [-0.4, -0.2) is 46.6 Å². The summed E-state index contributed by atoms with van der Waals surface area (Å²) in [7, 11) is 0. The lowest BCUT2D eigenvalue weighted by molar-refractivity contribution is -0.121. The molecule has 0 spiro atoms. The lowest BCUT2D eigenvalue weighted by atomic mass is 9.97. The van der Waals surface area contributed by atoms with E-state index in [1.807, 2.05) is 31.2 Å². The molecule has 1 fully saturated rings. The Morgan fingerprint density at radius 1 is 1.31 bits per heavy atom. The highest BCUT2D eigenvalue weighted by Gasteiger charge is 2.27. The van der Waals surface area contributed by atoms with Crippen molar-refractivity contribution >= 4 is 33.1 Å². The van der Waals surface area contributed by atoms with Gasteiger partial charge in [-0.05, 0) is 81.1 Å². The molecule has 2 heterocycles. The van der Waals surface area contributed by atoms with Gasteiger partial charge in [0, 0.05) is 24.4 Å². The summed E-state index contributed by atoms with van der Waals surface area (Å²) in [5.74, 6) is 0.266. The minimum Gasteiger partial charge on any atom is -0.396 e. The van der Waals surface area contributed by atoms with E-state index in [1.54, 1.807) is 11.3 Å². The van der Waals surface area contributed by atoms with Gasteiger partial charge in [-0.3, -0.25) is 9.69 Å². The molecule has 0 aliphatic carbocycles. The highest BCUT2D eigenvalue weighted by Crippen LogP contribution is 2.31. The Balaban J connectivity index is 1.42. The molecule has 1 aliphatic rings. The number of carbonyl (C=O) groups is 1. The van der Waals surface area contributed by atoms with Crippen molar-refractivity contribution in [3.05, 3.63) is 48.0 Å². The molecule has 6 heteroatoms. The second-order valence-corrected chi connectivity index (χ2v) is 8.95. The fourth-order valence-electron chi connectivity index (χ4n) is 3.86. The zero-order chi connectivity index (χ0) is 20.4. The van der Waals surface area contributed by atoms with Crippen molar-refractivity contribution in [3.63, 3.8) is 0 Å². The number of nitrogens with zero attached hydrogens (tertiary/aromatic N) is 2. The first-order chi connectivity index (χ1) is 14.0. The molecule has 1 saturated heterocycles. The van der Waals surface area contributed by atoms with Crippen LogP contribution in [0.3, 0.4) is 0 Å². The molecule has 5 nitrogen and oxygen atoms in total. The normalized spacial score (nSPS) is 18.7. The summed E-state index contributed by atoms with van der Waals surface area (Å²) in [6.45, 7) is 5.90. The highest BCUT2D eigenvalue weighted by atomic mass is 32.1. The van der Waals surface area contributed by atoms with Crippen molar-refractivity contribution in [3.8, 4) is 10.6 Å². The number of fused-ring (bicyclic) bond motifs is 1. The van der Waals surface area contributed by atoms with Crippen LogP contribution in [-0.2, 0) is 4.79 Å². The molecule has 2 N–H and O–H groups in total. The molecule has 2 unspecified atom stereocenters. The van der Waals surface area contributed by atoms with Crippen LogP contribution >= 0.6 is 11.3 Å². The highest BCUT2D eigenvalue weighted by molar-refractivity contribution is 7.21. The van der Waals surface area contributed by atoms with Gasteiger partial charge in [0.05, 0.1) is 16.3 Å². The number of hydrogen-bond acceptors (Lipinski definition) is 5. The summed E-state index contributed by atoms with van der Waals surface area (Å²) in [4.78, 5) is 19.6. The summed E-state index contributed by atoms with van der Waals surface area (Å²) in [6, 6.07) is 14.0. The van der Waals surface area contributed by atoms with Crippen LogP contribution in [0.4, 0.5) is 5.69 Å². The predicted molar refractivity (Wildman–Crippen MR) is 119 cm³/mol. The summed E-state index contributed by atoms with van der Waals surface area (Å²) in [6.07, 6.45) is 2.06. The topological polar surface area (TPSA) is 65.5 Å². The van der Waals surface area contributed by atoms with Gasteiger partial charge < -0.3 is 10.4 Å². The minimum absolute atomic E-state index is 0.00759. The number of aryl methyl sites for hydroxylation is 1. The van der Waals surface area contributed by atoms with E-state index in [1.165, 1.54) is 10.3 Å². The fourth-order valence-corrected chi connectivity index (χ4v) is 4.93. The molecule has 0 bridgehead atoms. The number of benzene rings is 2. The maximum Gasteiger partial charge on any atom is 0.241 e. The number of thiazole rings is 1. The lowest BCUT2D eigenvalue weighted by Crippen LogP contribution is -2.47. The van der Waals surface area contributed by atoms with Gasteiger partial charge in [-0.1, -0.05) is 6.07 Å². The van der Waals surface area contributed by atoms with Crippen LogP contribution in [0.25, 0.3) is 20.8 Å². The summed E-state index contributed by atoms with van der Waals surface area (Å²) >= 11 is 1.68. The molecule has 2 atom stereocenters. The number of nitrogens with one attached hydrogen (secondary N) is 1. The Hall–Kier alpha value is -2.28. The van der Waals surface area contributed by atoms with Gasteiger partial charge in [0.2, 0.25) is 5.91 Å². The van der Waals surface area contributed by atoms with Crippen LogP contribution < -0.4 is 5.32 Å². The number of hydrogen-bond donors (Lipinski definition) is 2. The van der Waals surface area contributed by atoms with E-state index in [0.717, 1.165) is 47.7 Å². The molecule has 152 valence electrons. The molecule has 1 amide bonds. The molecule has 3 aromatic rings. The molecule has 29 heavy (non-hydrogen) atoms. The number of likely N-dealkylation sites (tertiary alicyclic amines) is 1. The van der Waals surface area contributed by atoms with Gasteiger partial charge in [0.25, 0.3) is 0 Å². The van der Waals surface area contributed by atoms with E-state index in [4.69, 9.17) is 4.98 Å². The first-order valence-corrected chi connectivity index (χ1v) is 11.0. The van der Waals surface area contributed by atoms with Crippen molar-refractivity contribution in [2.45, 2.75) is 32.7 Å². The van der Waals surface area contributed by atoms with Crippen molar-refractivity contribution in [1.82, 2.24) is 9.88 Å². The van der Waals surface area contributed by atoms with E-state index in [0.29, 0.717) is 0 Å². The van der Waals surface area contributed by atoms with Gasteiger partial charge in [-0.25, -0.2) is 4.98 Å². The van der Waals surface area contributed by atoms with Gasteiger partial charge in [-0.2, -0.15) is 0 Å². The van der Waals surface area contributed by atoms with Crippen LogP contribution in [0.1, 0.15) is 25.3 Å². The van der Waals surface area contributed by atoms with E-state index < -0.39 is 0 Å². The third kappa shape index (κ3) is 4.50. The molecular weight excluding hydrogens is 382 g/mol. The number of carbonyl (C=O) groups excluding carboxylic acids is 1. The van der Waals surface area contributed by atoms with Gasteiger partial charge >= 0.3 is 0 Å². The van der Waals surface area contributed by atoms with Gasteiger partial charge in [-0.15, -0.1) is 11.3 Å². The number of rotatable bonds is 5. The average Bonchev–Trinajstić information content (AvgIpc) is 3.17. The monoisotopic (exact) mass is 409 g/mol. The van der Waals surface area contributed by atoms with Crippen LogP contribution in [0, 0.1) is 12.8 Å². The Labute approximate surface area is 175 Å². The van der Waals surface area contributed by atoms with Crippen molar-refractivity contribution < 1.29 is 9.90 Å². The standard InChI is InChI=1S/C23H27N3O2S/c1-15-5-10-20-21(12-15)29-23(25-20)18-6-8-19(9-7-18)24-22(28)16(2)26-11-3-4-17(13-26)14-27/h5-10,12,16-17,27H,3-4,11,13-14H2,1-2H3,(H,24,28). The minimum atomic E-state index is -0.212. The zero-order valence-corrected chi connectivity index (χ0v) is 17.7. The van der Waals surface area contributed by atoms with Crippen LogP contribution in [0.2, 0.25) is 0 Å². The van der Waals surface area contributed by atoms with Gasteiger partial charge in [0.15, 0.2) is 0 Å². The number of aliphatic hydroxyl groups is 1. The number of aliphatic hydroxyl groups excluding tert-OH is 1. The molecule has 1 aliphatic heterocycles. The smallest absolute Gasteiger partial charge is 0.241 e. The Morgan fingerprint density at radius 3 is 2.86 bits per heavy atom. The largest absolute Gasteiger partial charge is 0.396 e. The SMILES string of the molecule is Cc1ccc2nc(-c3ccc(NC(=O)C(C)N4CCCC(CO)C4)cc3)sc2c1. The third-order valence-electron chi connectivity index (χ3n) is 5.68. The van der Waals surface area contributed by atoms with Crippen LogP contribution in [0.15, 0.2) is 42.5 Å². The number of piperidine rings is 1.